The van der Waals surface area contributed by atoms with Crippen molar-refractivity contribution in [1.82, 2.24) is 25.5 Å². The molecule has 3 aromatic rings. The highest BCUT2D eigenvalue weighted by Gasteiger charge is 2.15. The maximum atomic E-state index is 5.60. The van der Waals surface area contributed by atoms with Gasteiger partial charge < -0.3 is 24.9 Å². The van der Waals surface area contributed by atoms with Crippen molar-refractivity contribution >= 4 is 11.8 Å². The Hall–Kier alpha value is -3.39. The Morgan fingerprint density at radius 2 is 1.84 bits per heavy atom. The van der Waals surface area contributed by atoms with Gasteiger partial charge in [0, 0.05) is 51.5 Å². The molecule has 1 saturated heterocycles. The third-order valence-electron chi connectivity index (χ3n) is 5.33. The van der Waals surface area contributed by atoms with E-state index >= 15 is 0 Å². The number of hydrogen-bond donors (Lipinski definition) is 2. The van der Waals surface area contributed by atoms with Crippen molar-refractivity contribution < 1.29 is 4.42 Å². The van der Waals surface area contributed by atoms with E-state index in [0.717, 1.165) is 43.3 Å². The van der Waals surface area contributed by atoms with Gasteiger partial charge in [-0.25, -0.2) is 9.97 Å². The smallest absolute Gasteiger partial charge is 0.226 e. The summed E-state index contributed by atoms with van der Waals surface area (Å²) in [5.74, 6) is 2.36. The second kappa shape index (κ2) is 10.1. The van der Waals surface area contributed by atoms with Gasteiger partial charge in [-0.1, -0.05) is 18.2 Å². The molecule has 2 aromatic heterocycles. The van der Waals surface area contributed by atoms with Crippen molar-refractivity contribution in [3.05, 3.63) is 66.2 Å². The van der Waals surface area contributed by atoms with Crippen LogP contribution < -0.4 is 15.5 Å². The second-order valence-corrected chi connectivity index (χ2v) is 7.60. The van der Waals surface area contributed by atoms with E-state index in [1.807, 2.05) is 42.6 Å². The number of nitrogens with one attached hydrogen (secondary N) is 2. The summed E-state index contributed by atoms with van der Waals surface area (Å²) in [6, 6.07) is 14.1. The number of rotatable bonds is 6. The van der Waals surface area contributed by atoms with Crippen LogP contribution in [0.1, 0.15) is 11.3 Å². The van der Waals surface area contributed by atoms with Gasteiger partial charge in [0.2, 0.25) is 5.89 Å². The van der Waals surface area contributed by atoms with E-state index < -0.39 is 0 Å². The quantitative estimate of drug-likeness (QED) is 0.469. The lowest BCUT2D eigenvalue weighted by Crippen LogP contribution is -2.44. The van der Waals surface area contributed by atoms with E-state index in [9.17, 15) is 0 Å². The van der Waals surface area contributed by atoms with Crippen LogP contribution >= 0.6 is 0 Å². The van der Waals surface area contributed by atoms with Gasteiger partial charge >= 0.3 is 0 Å². The topological polar surface area (TPSA) is 81.8 Å². The van der Waals surface area contributed by atoms with Crippen LogP contribution in [0.4, 0.5) is 5.82 Å². The SMILES string of the molecule is CN=C(NCc1ccnc(N2CCN(C)CC2)c1)NCc1coc(-c2ccccc2)n1. The minimum atomic E-state index is 0.527. The van der Waals surface area contributed by atoms with E-state index in [-0.39, 0.29) is 0 Å². The summed E-state index contributed by atoms with van der Waals surface area (Å²) >= 11 is 0. The molecule has 1 aromatic carbocycles. The number of likely N-dealkylation sites (N-methyl/N-ethyl adjacent to an activating group) is 1. The molecular weight excluding hydrogens is 390 g/mol. The molecule has 0 radical (unpaired) electrons. The molecule has 3 heterocycles. The summed E-state index contributed by atoms with van der Waals surface area (Å²) in [5, 5.41) is 6.65. The lowest BCUT2D eigenvalue weighted by molar-refractivity contribution is 0.312. The van der Waals surface area contributed by atoms with Crippen LogP contribution in [0.3, 0.4) is 0 Å². The largest absolute Gasteiger partial charge is 0.444 e. The molecule has 31 heavy (non-hydrogen) atoms. The minimum Gasteiger partial charge on any atom is -0.444 e. The zero-order valence-electron chi connectivity index (χ0n) is 18.1. The van der Waals surface area contributed by atoms with E-state index in [1.165, 1.54) is 5.56 Å². The van der Waals surface area contributed by atoms with E-state index in [4.69, 9.17) is 4.42 Å². The Labute approximate surface area is 183 Å². The van der Waals surface area contributed by atoms with Crippen LogP contribution in [0, 0.1) is 0 Å². The van der Waals surface area contributed by atoms with Gasteiger partial charge in [0.15, 0.2) is 5.96 Å². The van der Waals surface area contributed by atoms with Crippen molar-refractivity contribution in [3.8, 4) is 11.5 Å². The number of nitrogens with zero attached hydrogens (tertiary/aromatic N) is 5. The highest BCUT2D eigenvalue weighted by atomic mass is 16.3. The number of guanidine groups is 1. The normalized spacial score (nSPS) is 15.2. The minimum absolute atomic E-state index is 0.527. The third kappa shape index (κ3) is 5.61. The molecule has 4 rings (SSSR count). The van der Waals surface area contributed by atoms with Crippen LogP contribution in [0.2, 0.25) is 0 Å². The van der Waals surface area contributed by atoms with Crippen molar-refractivity contribution in [1.29, 1.82) is 0 Å². The predicted octanol–water partition coefficient (Wildman–Crippen LogP) is 2.35. The van der Waals surface area contributed by atoms with Crippen LogP contribution in [0.15, 0.2) is 64.3 Å². The van der Waals surface area contributed by atoms with Crippen molar-refractivity contribution in [2.24, 2.45) is 4.99 Å². The standard InChI is InChI=1S/C23H29N7O/c1-24-23(27-16-20-17-31-22(28-20)19-6-4-3-5-7-19)26-15-18-8-9-25-21(14-18)30-12-10-29(2)11-13-30/h3-9,14,17H,10-13,15-16H2,1-2H3,(H2,24,26,27). The second-order valence-electron chi connectivity index (χ2n) is 7.60. The maximum absolute atomic E-state index is 5.60. The number of aliphatic imine (C=N–C) groups is 1. The van der Waals surface area contributed by atoms with Gasteiger partial charge in [-0.2, -0.15) is 0 Å². The van der Waals surface area contributed by atoms with Gasteiger partial charge in [-0.05, 0) is 36.9 Å². The Bertz CT molecular complexity index is 994. The van der Waals surface area contributed by atoms with Crippen molar-refractivity contribution in [3.63, 3.8) is 0 Å². The fourth-order valence-corrected chi connectivity index (χ4v) is 3.46. The van der Waals surface area contributed by atoms with Crippen LogP contribution in [-0.4, -0.2) is 61.1 Å². The van der Waals surface area contributed by atoms with E-state index in [0.29, 0.717) is 24.9 Å². The Morgan fingerprint density at radius 1 is 1.06 bits per heavy atom. The summed E-state index contributed by atoms with van der Waals surface area (Å²) in [6.07, 6.45) is 3.55. The van der Waals surface area contributed by atoms with Gasteiger partial charge in [0.05, 0.1) is 12.2 Å². The van der Waals surface area contributed by atoms with Gasteiger partial charge in [-0.3, -0.25) is 4.99 Å². The van der Waals surface area contributed by atoms with E-state index in [2.05, 4.69) is 48.5 Å². The first kappa shape index (κ1) is 20.9. The first-order chi connectivity index (χ1) is 15.2. The van der Waals surface area contributed by atoms with Crippen LogP contribution in [0.5, 0.6) is 0 Å². The molecule has 0 unspecified atom stereocenters. The average molecular weight is 420 g/mol. The molecule has 0 spiro atoms. The number of pyridine rings is 1. The molecule has 8 heteroatoms. The fraction of sp³-hybridized carbons (Fsp3) is 0.348. The summed E-state index contributed by atoms with van der Waals surface area (Å²) in [7, 11) is 3.92. The summed E-state index contributed by atoms with van der Waals surface area (Å²) in [5.41, 5.74) is 2.95. The molecule has 2 N–H and O–H groups in total. The van der Waals surface area contributed by atoms with Gasteiger partial charge in [-0.15, -0.1) is 0 Å². The van der Waals surface area contributed by atoms with Crippen LogP contribution in [-0.2, 0) is 13.1 Å². The first-order valence-corrected chi connectivity index (χ1v) is 10.5. The Morgan fingerprint density at radius 3 is 2.61 bits per heavy atom. The molecule has 1 aliphatic rings. The molecule has 0 atom stereocenters. The van der Waals surface area contributed by atoms with Crippen molar-refractivity contribution in [2.75, 3.05) is 45.2 Å². The molecule has 8 nitrogen and oxygen atoms in total. The number of anilines is 1. The average Bonchev–Trinajstić information content (AvgIpc) is 3.30. The van der Waals surface area contributed by atoms with Gasteiger partial charge in [0.1, 0.15) is 12.1 Å². The number of benzene rings is 1. The lowest BCUT2D eigenvalue weighted by Gasteiger charge is -2.33. The molecule has 1 aliphatic heterocycles. The Balaban J connectivity index is 1.29. The zero-order valence-corrected chi connectivity index (χ0v) is 18.1. The molecule has 162 valence electrons. The molecule has 0 amide bonds. The third-order valence-corrected chi connectivity index (χ3v) is 5.33. The molecule has 1 fully saturated rings. The number of oxazole rings is 1. The number of piperazine rings is 1. The van der Waals surface area contributed by atoms with Crippen molar-refractivity contribution in [2.45, 2.75) is 13.1 Å². The Kier molecular flexibility index (Phi) is 6.78. The number of aromatic nitrogens is 2. The van der Waals surface area contributed by atoms with Crippen LogP contribution in [0.25, 0.3) is 11.5 Å². The summed E-state index contributed by atoms with van der Waals surface area (Å²) < 4.78 is 5.60. The number of hydrogen-bond acceptors (Lipinski definition) is 6. The summed E-state index contributed by atoms with van der Waals surface area (Å²) in [6.45, 7) is 5.33. The molecule has 0 bridgehead atoms. The molecular formula is C23H29N7O. The highest BCUT2D eigenvalue weighted by Crippen LogP contribution is 2.18. The zero-order chi connectivity index (χ0) is 21.5. The summed E-state index contributed by atoms with van der Waals surface area (Å²) in [4.78, 5) is 18.1. The first-order valence-electron chi connectivity index (χ1n) is 10.5. The monoisotopic (exact) mass is 419 g/mol. The maximum Gasteiger partial charge on any atom is 0.226 e. The molecule has 0 saturated carbocycles. The molecule has 0 aliphatic carbocycles. The van der Waals surface area contributed by atoms with Gasteiger partial charge in [0.25, 0.3) is 0 Å². The highest BCUT2D eigenvalue weighted by molar-refractivity contribution is 5.79. The predicted molar refractivity (Wildman–Crippen MR) is 123 cm³/mol. The fourth-order valence-electron chi connectivity index (χ4n) is 3.46. The lowest BCUT2D eigenvalue weighted by atomic mass is 10.2. The van der Waals surface area contributed by atoms with E-state index in [1.54, 1.807) is 13.3 Å².